The van der Waals surface area contributed by atoms with E-state index in [-0.39, 0.29) is 24.0 Å². The normalized spacial score (nSPS) is 10.4. The van der Waals surface area contributed by atoms with E-state index in [4.69, 9.17) is 5.73 Å². The Hall–Kier alpha value is -2.63. The number of hydrogen-bond donors (Lipinski definition) is 2. The topological polar surface area (TPSA) is 90.0 Å². The van der Waals surface area contributed by atoms with Gasteiger partial charge in [-0.05, 0) is 31.0 Å². The largest absolute Gasteiger partial charge is 0.369 e. The molecule has 0 atom stereocenters. The van der Waals surface area contributed by atoms with Gasteiger partial charge in [0.15, 0.2) is 0 Å². The highest BCUT2D eigenvalue weighted by Crippen LogP contribution is 2.10. The predicted molar refractivity (Wildman–Crippen MR) is 82.1 cm³/mol. The molecule has 0 spiro atoms. The number of nitrogens with one attached hydrogen (secondary N) is 1. The Morgan fingerprint density at radius 3 is 2.57 bits per heavy atom. The summed E-state index contributed by atoms with van der Waals surface area (Å²) in [5, 5.41) is 2.73. The van der Waals surface area contributed by atoms with E-state index in [1.165, 1.54) is 11.6 Å². The minimum atomic E-state index is -0.337. The zero-order valence-electron chi connectivity index (χ0n) is 12.1. The molecular weight excluding hydrogens is 268 g/mol. The Morgan fingerprint density at radius 2 is 2.00 bits per heavy atom. The van der Waals surface area contributed by atoms with E-state index < -0.39 is 0 Å². The van der Waals surface area contributed by atoms with Gasteiger partial charge in [0.2, 0.25) is 11.9 Å². The lowest BCUT2D eigenvalue weighted by atomic mass is 10.1. The minimum absolute atomic E-state index is 0.0384. The average Bonchev–Trinajstić information content (AvgIpc) is 2.43. The quantitative estimate of drug-likeness (QED) is 0.887. The van der Waals surface area contributed by atoms with E-state index in [0.717, 1.165) is 11.0 Å². The van der Waals surface area contributed by atoms with Crippen LogP contribution in [0.1, 0.15) is 18.2 Å². The van der Waals surface area contributed by atoms with Crippen LogP contribution in [0, 0.1) is 6.92 Å². The van der Waals surface area contributed by atoms with Gasteiger partial charge in [0.25, 0.3) is 5.56 Å². The first-order valence-electron chi connectivity index (χ1n) is 6.72. The standard InChI is InChI=1S/C15H18N4O2/c1-3-11-4-6-12(7-5-11)18-13(20)9-19-14(21)8-10(2)17-15(19)16/h4-8H,3,9H2,1-2H3,(H2,16,17)(H,18,20). The van der Waals surface area contributed by atoms with E-state index in [1.54, 1.807) is 6.92 Å². The average molecular weight is 286 g/mol. The van der Waals surface area contributed by atoms with E-state index in [1.807, 2.05) is 24.3 Å². The van der Waals surface area contributed by atoms with Crippen molar-refractivity contribution in [3.05, 3.63) is 51.9 Å². The fraction of sp³-hybridized carbons (Fsp3) is 0.267. The van der Waals surface area contributed by atoms with Gasteiger partial charge < -0.3 is 11.1 Å². The number of amides is 1. The first-order chi connectivity index (χ1) is 9.99. The van der Waals surface area contributed by atoms with Crippen LogP contribution >= 0.6 is 0 Å². The molecular formula is C15H18N4O2. The predicted octanol–water partition coefficient (Wildman–Crippen LogP) is 1.34. The number of benzene rings is 1. The molecule has 2 rings (SSSR count). The smallest absolute Gasteiger partial charge is 0.255 e. The number of nitrogen functional groups attached to an aromatic ring is 1. The van der Waals surface area contributed by atoms with E-state index in [0.29, 0.717) is 11.4 Å². The molecule has 6 nitrogen and oxygen atoms in total. The van der Waals surface area contributed by atoms with Crippen LogP contribution in [0.2, 0.25) is 0 Å². The van der Waals surface area contributed by atoms with Crippen molar-refractivity contribution in [3.63, 3.8) is 0 Å². The maximum atomic E-state index is 12.0. The van der Waals surface area contributed by atoms with Crippen molar-refractivity contribution in [3.8, 4) is 0 Å². The Labute approximate surface area is 122 Å². The van der Waals surface area contributed by atoms with Crippen LogP contribution in [0.25, 0.3) is 0 Å². The molecule has 0 bridgehead atoms. The summed E-state index contributed by atoms with van der Waals surface area (Å²) in [6, 6.07) is 8.90. The summed E-state index contributed by atoms with van der Waals surface area (Å²) in [6.07, 6.45) is 0.940. The molecule has 6 heteroatoms. The number of aromatic nitrogens is 2. The maximum absolute atomic E-state index is 12.0. The number of anilines is 2. The molecule has 0 fully saturated rings. The monoisotopic (exact) mass is 286 g/mol. The zero-order valence-corrected chi connectivity index (χ0v) is 12.1. The molecule has 1 heterocycles. The molecule has 0 saturated heterocycles. The molecule has 2 aromatic rings. The maximum Gasteiger partial charge on any atom is 0.255 e. The SMILES string of the molecule is CCc1ccc(NC(=O)Cn2c(N)nc(C)cc2=O)cc1. The van der Waals surface area contributed by atoms with Crippen LogP contribution < -0.4 is 16.6 Å². The van der Waals surface area contributed by atoms with Gasteiger partial charge in [0.1, 0.15) is 6.54 Å². The summed E-state index contributed by atoms with van der Waals surface area (Å²) in [5.41, 5.74) is 7.74. The third-order valence-corrected chi connectivity index (χ3v) is 3.11. The molecule has 0 saturated carbocycles. The van der Waals surface area contributed by atoms with Crippen molar-refractivity contribution < 1.29 is 4.79 Å². The molecule has 0 unspecified atom stereocenters. The van der Waals surface area contributed by atoms with Crippen molar-refractivity contribution in [1.29, 1.82) is 0 Å². The van der Waals surface area contributed by atoms with Gasteiger partial charge in [0.05, 0.1) is 0 Å². The van der Waals surface area contributed by atoms with Gasteiger partial charge in [-0.2, -0.15) is 0 Å². The molecule has 3 N–H and O–H groups in total. The number of nitrogens with zero attached hydrogens (tertiary/aromatic N) is 2. The molecule has 0 aliphatic carbocycles. The number of hydrogen-bond acceptors (Lipinski definition) is 4. The number of nitrogens with two attached hydrogens (primary N) is 1. The van der Waals surface area contributed by atoms with Crippen molar-refractivity contribution in [2.45, 2.75) is 26.8 Å². The van der Waals surface area contributed by atoms with Crippen molar-refractivity contribution >= 4 is 17.5 Å². The fourth-order valence-corrected chi connectivity index (χ4v) is 1.97. The van der Waals surface area contributed by atoms with Crippen LogP contribution in [0.15, 0.2) is 35.1 Å². The highest BCUT2D eigenvalue weighted by molar-refractivity contribution is 5.90. The first-order valence-corrected chi connectivity index (χ1v) is 6.72. The van der Waals surface area contributed by atoms with E-state index >= 15 is 0 Å². The van der Waals surface area contributed by atoms with Crippen molar-refractivity contribution in [2.24, 2.45) is 0 Å². The van der Waals surface area contributed by atoms with Gasteiger partial charge in [0, 0.05) is 17.4 Å². The lowest BCUT2D eigenvalue weighted by molar-refractivity contribution is -0.116. The summed E-state index contributed by atoms with van der Waals surface area (Å²) in [7, 11) is 0. The van der Waals surface area contributed by atoms with Crippen molar-refractivity contribution in [1.82, 2.24) is 9.55 Å². The minimum Gasteiger partial charge on any atom is -0.369 e. The zero-order chi connectivity index (χ0) is 15.4. The number of carbonyl (C=O) groups is 1. The Bertz CT molecular complexity index is 705. The second-order valence-electron chi connectivity index (χ2n) is 4.78. The van der Waals surface area contributed by atoms with Gasteiger partial charge >= 0.3 is 0 Å². The first kappa shape index (κ1) is 14.8. The third kappa shape index (κ3) is 3.68. The molecule has 21 heavy (non-hydrogen) atoms. The molecule has 110 valence electrons. The third-order valence-electron chi connectivity index (χ3n) is 3.11. The van der Waals surface area contributed by atoms with Gasteiger partial charge in [-0.15, -0.1) is 0 Å². The van der Waals surface area contributed by atoms with E-state index in [9.17, 15) is 9.59 Å². The van der Waals surface area contributed by atoms with Crippen LogP contribution in [0.5, 0.6) is 0 Å². The Balaban J connectivity index is 2.10. The highest BCUT2D eigenvalue weighted by Gasteiger charge is 2.09. The lowest BCUT2D eigenvalue weighted by Crippen LogP contribution is -2.30. The Morgan fingerprint density at radius 1 is 1.33 bits per heavy atom. The Kier molecular flexibility index (Phi) is 4.37. The molecule has 1 aromatic heterocycles. The summed E-state index contributed by atoms with van der Waals surface area (Å²) in [4.78, 5) is 27.7. The number of aryl methyl sites for hydroxylation is 2. The van der Waals surface area contributed by atoms with Gasteiger partial charge in [-0.3, -0.25) is 14.2 Å². The lowest BCUT2D eigenvalue weighted by Gasteiger charge is -2.10. The number of rotatable bonds is 4. The molecule has 1 aromatic carbocycles. The summed E-state index contributed by atoms with van der Waals surface area (Å²) in [5.74, 6) is -0.282. The van der Waals surface area contributed by atoms with Crippen LogP contribution in [0.4, 0.5) is 11.6 Å². The van der Waals surface area contributed by atoms with Gasteiger partial charge in [-0.1, -0.05) is 19.1 Å². The van der Waals surface area contributed by atoms with Crippen molar-refractivity contribution in [2.75, 3.05) is 11.1 Å². The summed E-state index contributed by atoms with van der Waals surface area (Å²) >= 11 is 0. The fourth-order valence-electron chi connectivity index (χ4n) is 1.97. The van der Waals surface area contributed by atoms with Crippen LogP contribution in [-0.2, 0) is 17.8 Å². The molecule has 0 aliphatic heterocycles. The van der Waals surface area contributed by atoms with E-state index in [2.05, 4.69) is 17.2 Å². The van der Waals surface area contributed by atoms with Gasteiger partial charge in [-0.25, -0.2) is 4.98 Å². The molecule has 0 radical (unpaired) electrons. The summed E-state index contributed by atoms with van der Waals surface area (Å²) < 4.78 is 1.14. The molecule has 0 aliphatic rings. The highest BCUT2D eigenvalue weighted by atomic mass is 16.2. The summed E-state index contributed by atoms with van der Waals surface area (Å²) in [6.45, 7) is 3.58. The van der Waals surface area contributed by atoms with Crippen LogP contribution in [-0.4, -0.2) is 15.5 Å². The number of carbonyl (C=O) groups excluding carboxylic acids is 1. The van der Waals surface area contributed by atoms with Crippen LogP contribution in [0.3, 0.4) is 0 Å². The second kappa shape index (κ2) is 6.21. The molecule has 1 amide bonds. The second-order valence-corrected chi connectivity index (χ2v) is 4.78.